The summed E-state index contributed by atoms with van der Waals surface area (Å²) in [7, 11) is 3.70. The Kier molecular flexibility index (Phi) is 11.0. The molecule has 7 nitrogen and oxygen atoms in total. The van der Waals surface area contributed by atoms with E-state index in [1.807, 2.05) is 62.6 Å². The number of benzene rings is 2. The lowest BCUT2D eigenvalue weighted by Crippen LogP contribution is -2.40. The van der Waals surface area contributed by atoms with Crippen LogP contribution in [0.1, 0.15) is 49.5 Å². The molecule has 1 saturated carbocycles. The Labute approximate surface area is 236 Å². The fraction of sp³-hybridized carbons (Fsp3) is 0.448. The zero-order valence-corrected chi connectivity index (χ0v) is 23.5. The minimum absolute atomic E-state index is 0. The van der Waals surface area contributed by atoms with Gasteiger partial charge in [0, 0.05) is 10.9 Å². The highest BCUT2D eigenvalue weighted by atomic mass is 35.5. The molecule has 0 spiro atoms. The molecule has 1 fully saturated rings. The molecule has 0 unspecified atom stereocenters. The monoisotopic (exact) mass is 562 g/mol. The highest BCUT2D eigenvalue weighted by Gasteiger charge is 2.37. The van der Waals surface area contributed by atoms with Gasteiger partial charge in [-0.1, -0.05) is 43.5 Å². The van der Waals surface area contributed by atoms with Gasteiger partial charge in [0.05, 0.1) is 23.9 Å². The summed E-state index contributed by atoms with van der Waals surface area (Å²) in [5.74, 6) is 1.07. The molecule has 0 bridgehead atoms. The third kappa shape index (κ3) is 7.50. The molecule has 1 aliphatic heterocycles. The molecule has 0 N–H and O–H groups in total. The Morgan fingerprint density at radius 3 is 2.61 bits per heavy atom. The van der Waals surface area contributed by atoms with Gasteiger partial charge in [-0.3, -0.25) is 9.69 Å². The van der Waals surface area contributed by atoms with Crippen molar-refractivity contribution >= 4 is 41.7 Å². The lowest BCUT2D eigenvalue weighted by Gasteiger charge is -2.36. The van der Waals surface area contributed by atoms with Crippen molar-refractivity contribution in [2.24, 2.45) is 0 Å². The van der Waals surface area contributed by atoms with Crippen molar-refractivity contribution in [2.75, 3.05) is 27.2 Å². The smallest absolute Gasteiger partial charge is 0.320 e. The van der Waals surface area contributed by atoms with E-state index in [4.69, 9.17) is 23.9 Å². The Balaban J connectivity index is 0.00000200. The van der Waals surface area contributed by atoms with Crippen molar-refractivity contribution in [1.82, 2.24) is 9.88 Å². The molecule has 206 valence electrons. The van der Waals surface area contributed by atoms with E-state index in [1.54, 1.807) is 4.90 Å². The summed E-state index contributed by atoms with van der Waals surface area (Å²) < 4.78 is 24.6. The predicted octanol–water partition coefficient (Wildman–Crippen LogP) is 5.91. The van der Waals surface area contributed by atoms with Gasteiger partial charge in [-0.2, -0.15) is 0 Å². The van der Waals surface area contributed by atoms with E-state index in [1.165, 1.54) is 19.3 Å². The molecule has 2 heterocycles. The Morgan fingerprint density at radius 2 is 1.82 bits per heavy atom. The largest absolute Gasteiger partial charge is 0.490 e. The van der Waals surface area contributed by atoms with E-state index in [0.29, 0.717) is 24.7 Å². The van der Waals surface area contributed by atoms with E-state index < -0.39 is 6.10 Å². The summed E-state index contributed by atoms with van der Waals surface area (Å²) in [5.41, 5.74) is 2.56. The molecule has 0 radical (unpaired) electrons. The first-order chi connectivity index (χ1) is 17.5. The molecule has 5 rings (SSSR count). The summed E-state index contributed by atoms with van der Waals surface area (Å²) in [6.07, 6.45) is 4.91. The van der Waals surface area contributed by atoms with Gasteiger partial charge in [0.1, 0.15) is 30.8 Å². The van der Waals surface area contributed by atoms with Crippen molar-refractivity contribution < 1.29 is 23.7 Å². The molecule has 9 heteroatoms. The van der Waals surface area contributed by atoms with Crippen LogP contribution in [0.2, 0.25) is 0 Å². The number of ether oxygens (including phenoxy) is 4. The van der Waals surface area contributed by atoms with Crippen LogP contribution in [0.15, 0.2) is 54.6 Å². The van der Waals surface area contributed by atoms with E-state index >= 15 is 0 Å². The predicted molar refractivity (Wildman–Crippen MR) is 152 cm³/mol. The van der Waals surface area contributed by atoms with Gasteiger partial charge in [0.2, 0.25) is 0 Å². The Morgan fingerprint density at radius 1 is 1.03 bits per heavy atom. The second kappa shape index (κ2) is 14.0. The van der Waals surface area contributed by atoms with Crippen LogP contribution < -0.4 is 9.47 Å². The highest BCUT2D eigenvalue weighted by molar-refractivity contribution is 5.85. The first-order valence-corrected chi connectivity index (χ1v) is 12.8. The van der Waals surface area contributed by atoms with E-state index in [-0.39, 0.29) is 49.5 Å². The van der Waals surface area contributed by atoms with E-state index in [9.17, 15) is 4.79 Å². The molecular formula is C29H36Cl2N2O5. The van der Waals surface area contributed by atoms with Crippen LogP contribution in [0.4, 0.5) is 0 Å². The lowest BCUT2D eigenvalue weighted by atomic mass is 9.96. The number of carbonyl (C=O) groups excluding carboxylic acids is 1. The second-order valence-corrected chi connectivity index (χ2v) is 9.88. The van der Waals surface area contributed by atoms with Gasteiger partial charge in [-0.25, -0.2) is 4.98 Å². The van der Waals surface area contributed by atoms with Gasteiger partial charge in [-0.15, -0.1) is 24.8 Å². The van der Waals surface area contributed by atoms with Crippen LogP contribution in [0.3, 0.4) is 0 Å². The molecule has 38 heavy (non-hydrogen) atoms. The zero-order chi connectivity index (χ0) is 24.9. The van der Waals surface area contributed by atoms with E-state index in [2.05, 4.69) is 6.07 Å². The minimum Gasteiger partial charge on any atom is -0.490 e. The number of fused-ring (bicyclic) bond motifs is 2. The molecule has 1 aromatic heterocycles. The number of nitrogens with zero attached hydrogens (tertiary/aromatic N) is 2. The molecule has 3 aromatic rings. The molecule has 2 aromatic carbocycles. The first-order valence-electron chi connectivity index (χ1n) is 12.8. The minimum atomic E-state index is -0.550. The van der Waals surface area contributed by atoms with Crippen molar-refractivity contribution in [2.45, 2.75) is 57.0 Å². The molecule has 1 aliphatic carbocycles. The number of likely N-dealkylation sites (N-methyl/N-ethyl adjacent to an activating group) is 1. The number of rotatable bonds is 8. The number of carbonyl (C=O) groups is 1. The van der Waals surface area contributed by atoms with Gasteiger partial charge in [0.15, 0.2) is 6.10 Å². The average molecular weight is 564 g/mol. The quantitative estimate of drug-likeness (QED) is 0.316. The van der Waals surface area contributed by atoms with Crippen LogP contribution in [-0.2, 0) is 20.9 Å². The topological polar surface area (TPSA) is 70.1 Å². The third-order valence-electron chi connectivity index (χ3n) is 6.69. The third-order valence-corrected chi connectivity index (χ3v) is 6.69. The molecule has 2 aliphatic rings. The summed E-state index contributed by atoms with van der Waals surface area (Å²) in [6.45, 7) is 0.884. The van der Waals surface area contributed by atoms with Gasteiger partial charge >= 0.3 is 5.97 Å². The number of hydrogen-bond donors (Lipinski definition) is 0. The summed E-state index contributed by atoms with van der Waals surface area (Å²) in [4.78, 5) is 19.2. The van der Waals surface area contributed by atoms with Crippen molar-refractivity contribution in [3.05, 3.63) is 65.9 Å². The molecule has 2 atom stereocenters. The van der Waals surface area contributed by atoms with Crippen molar-refractivity contribution in [3.8, 4) is 11.5 Å². The highest BCUT2D eigenvalue weighted by Crippen LogP contribution is 2.40. The maximum Gasteiger partial charge on any atom is 0.320 e. The van der Waals surface area contributed by atoms with Gasteiger partial charge in [0.25, 0.3) is 0 Å². The van der Waals surface area contributed by atoms with Gasteiger partial charge in [-0.05, 0) is 57.3 Å². The standard InChI is InChI=1S/C29H34N2O5.2ClH/c1-31(2)17-28(32)36-29-24-16-23(33-18-21-13-12-20-8-6-7-11-25(20)30-21)14-15-26(24)34-19-27(29)35-22-9-4-3-5-10-22;;/h6-8,11-16,22,27,29H,3-5,9-10,17-19H2,1-2H3;2*1H/t27-,29+;;/m0../s1. The van der Waals surface area contributed by atoms with Crippen LogP contribution in [0.25, 0.3) is 10.9 Å². The van der Waals surface area contributed by atoms with Crippen molar-refractivity contribution in [1.29, 1.82) is 0 Å². The number of aromatic nitrogens is 1. The number of halogens is 2. The fourth-order valence-corrected chi connectivity index (χ4v) is 4.91. The number of hydrogen-bond acceptors (Lipinski definition) is 7. The van der Waals surface area contributed by atoms with Crippen LogP contribution in [0, 0.1) is 0 Å². The fourth-order valence-electron chi connectivity index (χ4n) is 4.91. The zero-order valence-electron chi connectivity index (χ0n) is 21.8. The number of para-hydroxylation sites is 1. The lowest BCUT2D eigenvalue weighted by molar-refractivity contribution is -0.169. The van der Waals surface area contributed by atoms with Gasteiger partial charge < -0.3 is 18.9 Å². The second-order valence-electron chi connectivity index (χ2n) is 9.88. The number of pyridine rings is 1. The van der Waals surface area contributed by atoms with Crippen LogP contribution in [0.5, 0.6) is 11.5 Å². The molecular weight excluding hydrogens is 527 g/mol. The van der Waals surface area contributed by atoms with Crippen molar-refractivity contribution in [3.63, 3.8) is 0 Å². The Bertz CT molecular complexity index is 1200. The Hall–Kier alpha value is -2.58. The molecule has 0 amide bonds. The SMILES string of the molecule is CN(C)CC(=O)O[C@@H]1c2cc(OCc3ccc4ccccc4n3)ccc2OC[C@@H]1OC1CCCCC1.Cl.Cl. The molecule has 0 saturated heterocycles. The van der Waals surface area contributed by atoms with Crippen LogP contribution >= 0.6 is 24.8 Å². The normalized spacial score (nSPS) is 19.0. The first kappa shape index (κ1) is 30.0. The summed E-state index contributed by atoms with van der Waals surface area (Å²) >= 11 is 0. The summed E-state index contributed by atoms with van der Waals surface area (Å²) in [6, 6.07) is 17.7. The average Bonchev–Trinajstić information content (AvgIpc) is 2.89. The maximum absolute atomic E-state index is 12.7. The number of esters is 1. The maximum atomic E-state index is 12.7. The van der Waals surface area contributed by atoms with Crippen LogP contribution in [-0.4, -0.2) is 55.3 Å². The van der Waals surface area contributed by atoms with E-state index in [0.717, 1.165) is 35.0 Å². The summed E-state index contributed by atoms with van der Waals surface area (Å²) in [5, 5.41) is 1.10.